The highest BCUT2D eigenvalue weighted by atomic mass is 15.1. The number of anilines is 1. The average Bonchev–Trinajstić information content (AvgIpc) is 2.38. The van der Waals surface area contributed by atoms with E-state index in [0.29, 0.717) is 5.92 Å². The second-order valence-electron chi connectivity index (χ2n) is 5.58. The quantitative estimate of drug-likeness (QED) is 0.895. The van der Waals surface area contributed by atoms with Crippen molar-refractivity contribution in [3.05, 3.63) is 52.8 Å². The fourth-order valence-corrected chi connectivity index (χ4v) is 2.15. The summed E-state index contributed by atoms with van der Waals surface area (Å²) in [5, 5.41) is 3.33. The molecule has 0 amide bonds. The lowest BCUT2D eigenvalue weighted by Gasteiger charge is -2.10. The maximum atomic E-state index is 4.56. The molecule has 1 aromatic carbocycles. The smallest absolute Gasteiger partial charge is 0.223 e. The fourth-order valence-electron chi connectivity index (χ4n) is 2.15. The van der Waals surface area contributed by atoms with Crippen molar-refractivity contribution in [3.8, 4) is 0 Å². The van der Waals surface area contributed by atoms with E-state index in [-0.39, 0.29) is 0 Å². The molecule has 0 aliphatic heterocycles. The molecule has 1 heterocycles. The summed E-state index contributed by atoms with van der Waals surface area (Å²) in [6, 6.07) is 10.7. The van der Waals surface area contributed by atoms with E-state index in [0.717, 1.165) is 30.3 Å². The van der Waals surface area contributed by atoms with Crippen LogP contribution in [0.3, 0.4) is 0 Å². The van der Waals surface area contributed by atoms with Gasteiger partial charge in [0.2, 0.25) is 5.95 Å². The molecular formula is C17H23N3. The maximum absolute atomic E-state index is 4.56. The SMILES string of the molecule is Cc1cccc(CCNc2nc(C)cc(C(C)C)n2)c1. The summed E-state index contributed by atoms with van der Waals surface area (Å²) in [5.41, 5.74) is 4.75. The average molecular weight is 269 g/mol. The predicted molar refractivity (Wildman–Crippen MR) is 84.2 cm³/mol. The van der Waals surface area contributed by atoms with Gasteiger partial charge in [-0.25, -0.2) is 9.97 Å². The lowest BCUT2D eigenvalue weighted by atomic mass is 10.1. The Kier molecular flexibility index (Phi) is 4.72. The number of nitrogens with zero attached hydrogens (tertiary/aromatic N) is 2. The van der Waals surface area contributed by atoms with Crippen molar-refractivity contribution in [2.75, 3.05) is 11.9 Å². The summed E-state index contributed by atoms with van der Waals surface area (Å²) in [6.07, 6.45) is 0.982. The summed E-state index contributed by atoms with van der Waals surface area (Å²) in [7, 11) is 0. The Balaban J connectivity index is 1.97. The molecule has 0 saturated carbocycles. The zero-order valence-corrected chi connectivity index (χ0v) is 12.8. The minimum atomic E-state index is 0.425. The second kappa shape index (κ2) is 6.51. The number of nitrogens with one attached hydrogen (secondary N) is 1. The Labute approximate surface area is 121 Å². The first kappa shape index (κ1) is 14.5. The molecule has 3 heteroatoms. The van der Waals surface area contributed by atoms with E-state index in [9.17, 15) is 0 Å². The number of rotatable bonds is 5. The van der Waals surface area contributed by atoms with Gasteiger partial charge in [-0.05, 0) is 37.8 Å². The molecule has 1 aromatic heterocycles. The third kappa shape index (κ3) is 4.05. The van der Waals surface area contributed by atoms with Crippen molar-refractivity contribution in [1.82, 2.24) is 9.97 Å². The Bertz CT molecular complexity index is 576. The summed E-state index contributed by atoms with van der Waals surface area (Å²) >= 11 is 0. The first-order valence-electron chi connectivity index (χ1n) is 7.19. The molecule has 0 radical (unpaired) electrons. The van der Waals surface area contributed by atoms with Crippen molar-refractivity contribution in [3.63, 3.8) is 0 Å². The van der Waals surface area contributed by atoms with Crippen molar-refractivity contribution in [2.24, 2.45) is 0 Å². The van der Waals surface area contributed by atoms with E-state index >= 15 is 0 Å². The number of hydrogen-bond acceptors (Lipinski definition) is 3. The van der Waals surface area contributed by atoms with Crippen LogP contribution >= 0.6 is 0 Å². The molecule has 20 heavy (non-hydrogen) atoms. The second-order valence-corrected chi connectivity index (χ2v) is 5.58. The Morgan fingerprint density at radius 2 is 1.90 bits per heavy atom. The predicted octanol–water partition coefficient (Wildman–Crippen LogP) is 3.87. The standard InChI is InChI=1S/C17H23N3/c1-12(2)16-11-14(4)19-17(20-16)18-9-8-15-7-5-6-13(3)10-15/h5-7,10-12H,8-9H2,1-4H3,(H,18,19,20). The van der Waals surface area contributed by atoms with Gasteiger partial charge in [0.15, 0.2) is 0 Å². The molecule has 2 aromatic rings. The van der Waals surface area contributed by atoms with Crippen LogP contribution in [0.4, 0.5) is 5.95 Å². The largest absolute Gasteiger partial charge is 0.354 e. The van der Waals surface area contributed by atoms with Crippen molar-refractivity contribution in [1.29, 1.82) is 0 Å². The van der Waals surface area contributed by atoms with E-state index in [4.69, 9.17) is 0 Å². The first-order chi connectivity index (χ1) is 9.54. The van der Waals surface area contributed by atoms with Crippen LogP contribution in [0.5, 0.6) is 0 Å². The molecule has 0 spiro atoms. The third-order valence-electron chi connectivity index (χ3n) is 3.24. The first-order valence-corrected chi connectivity index (χ1v) is 7.19. The normalized spacial score (nSPS) is 10.8. The monoisotopic (exact) mass is 269 g/mol. The molecule has 1 N–H and O–H groups in total. The minimum Gasteiger partial charge on any atom is -0.354 e. The summed E-state index contributed by atoms with van der Waals surface area (Å²) in [4.78, 5) is 9.00. The molecule has 0 aliphatic rings. The van der Waals surface area contributed by atoms with E-state index in [1.807, 2.05) is 6.92 Å². The molecular weight excluding hydrogens is 246 g/mol. The number of aryl methyl sites for hydroxylation is 2. The Hall–Kier alpha value is -1.90. The topological polar surface area (TPSA) is 37.8 Å². The van der Waals surface area contributed by atoms with Crippen molar-refractivity contribution >= 4 is 5.95 Å². The van der Waals surface area contributed by atoms with E-state index in [2.05, 4.69) is 66.4 Å². The van der Waals surface area contributed by atoms with Gasteiger partial charge in [0, 0.05) is 17.9 Å². The maximum Gasteiger partial charge on any atom is 0.223 e. The van der Waals surface area contributed by atoms with Crippen LogP contribution in [0.15, 0.2) is 30.3 Å². The Morgan fingerprint density at radius 3 is 2.60 bits per heavy atom. The van der Waals surface area contributed by atoms with Crippen LogP contribution in [-0.2, 0) is 6.42 Å². The highest BCUT2D eigenvalue weighted by Crippen LogP contribution is 2.14. The molecule has 0 atom stereocenters. The van der Waals surface area contributed by atoms with Crippen LogP contribution in [-0.4, -0.2) is 16.5 Å². The van der Waals surface area contributed by atoms with Gasteiger partial charge in [0.1, 0.15) is 0 Å². The summed E-state index contributed by atoms with van der Waals surface area (Å²) < 4.78 is 0. The van der Waals surface area contributed by atoms with Crippen LogP contribution in [0.1, 0.15) is 42.3 Å². The van der Waals surface area contributed by atoms with Crippen LogP contribution < -0.4 is 5.32 Å². The summed E-state index contributed by atoms with van der Waals surface area (Å²) in [6.45, 7) is 9.29. The van der Waals surface area contributed by atoms with Gasteiger partial charge in [-0.15, -0.1) is 0 Å². The van der Waals surface area contributed by atoms with Gasteiger partial charge in [-0.3, -0.25) is 0 Å². The zero-order chi connectivity index (χ0) is 14.5. The fraction of sp³-hybridized carbons (Fsp3) is 0.412. The van der Waals surface area contributed by atoms with Gasteiger partial charge >= 0.3 is 0 Å². The molecule has 0 aliphatic carbocycles. The molecule has 0 saturated heterocycles. The molecule has 3 nitrogen and oxygen atoms in total. The van der Waals surface area contributed by atoms with Crippen LogP contribution in [0.25, 0.3) is 0 Å². The third-order valence-corrected chi connectivity index (χ3v) is 3.24. The summed E-state index contributed by atoms with van der Waals surface area (Å²) in [5.74, 6) is 1.16. The van der Waals surface area contributed by atoms with Gasteiger partial charge in [0.25, 0.3) is 0 Å². The van der Waals surface area contributed by atoms with Gasteiger partial charge in [-0.2, -0.15) is 0 Å². The minimum absolute atomic E-state index is 0.425. The van der Waals surface area contributed by atoms with E-state index in [1.54, 1.807) is 0 Å². The van der Waals surface area contributed by atoms with Crippen LogP contribution in [0, 0.1) is 13.8 Å². The molecule has 0 fully saturated rings. The highest BCUT2D eigenvalue weighted by molar-refractivity contribution is 5.30. The zero-order valence-electron chi connectivity index (χ0n) is 12.8. The van der Waals surface area contributed by atoms with Gasteiger partial charge in [0.05, 0.1) is 0 Å². The molecule has 0 bridgehead atoms. The number of aromatic nitrogens is 2. The van der Waals surface area contributed by atoms with E-state index < -0.39 is 0 Å². The van der Waals surface area contributed by atoms with Gasteiger partial charge < -0.3 is 5.32 Å². The number of hydrogen-bond donors (Lipinski definition) is 1. The lowest BCUT2D eigenvalue weighted by Crippen LogP contribution is -2.10. The highest BCUT2D eigenvalue weighted by Gasteiger charge is 2.05. The molecule has 106 valence electrons. The number of benzene rings is 1. The molecule has 0 unspecified atom stereocenters. The van der Waals surface area contributed by atoms with Gasteiger partial charge in [-0.1, -0.05) is 43.7 Å². The Morgan fingerprint density at radius 1 is 1.10 bits per heavy atom. The molecule has 2 rings (SSSR count). The van der Waals surface area contributed by atoms with Crippen LogP contribution in [0.2, 0.25) is 0 Å². The van der Waals surface area contributed by atoms with Crippen molar-refractivity contribution < 1.29 is 0 Å². The van der Waals surface area contributed by atoms with E-state index in [1.165, 1.54) is 11.1 Å². The van der Waals surface area contributed by atoms with Crippen molar-refractivity contribution in [2.45, 2.75) is 40.0 Å². The lowest BCUT2D eigenvalue weighted by molar-refractivity contribution is 0.807.